The van der Waals surface area contributed by atoms with Crippen molar-refractivity contribution in [3.63, 3.8) is 0 Å². The minimum absolute atomic E-state index is 0.0140. The Morgan fingerprint density at radius 3 is 2.76 bits per heavy atom. The molecule has 17 heavy (non-hydrogen) atoms. The maximum atomic E-state index is 11.9. The molecule has 90 valence electrons. The Labute approximate surface area is 101 Å². The van der Waals surface area contributed by atoms with Crippen molar-refractivity contribution in [3.8, 4) is 0 Å². The van der Waals surface area contributed by atoms with Crippen LogP contribution < -0.4 is 0 Å². The summed E-state index contributed by atoms with van der Waals surface area (Å²) in [5, 5.41) is 6.01. The number of hydrogen-bond donors (Lipinski definition) is 0. The molecule has 4 heteroatoms. The topological polar surface area (TPSA) is 45.6 Å². The minimum atomic E-state index is -0.0140. The van der Waals surface area contributed by atoms with Crippen LogP contribution >= 0.6 is 0 Å². The zero-order chi connectivity index (χ0) is 12.3. The molecule has 4 nitrogen and oxygen atoms in total. The monoisotopic (exact) mass is 231 g/mol. The van der Waals surface area contributed by atoms with E-state index in [4.69, 9.17) is 0 Å². The van der Waals surface area contributed by atoms with Crippen LogP contribution in [0.2, 0.25) is 0 Å². The van der Waals surface area contributed by atoms with Gasteiger partial charge in [-0.05, 0) is 31.0 Å². The Bertz CT molecular complexity index is 428. The standard InChI is InChI=1S/C13H17N3O/c1-3-4-12-9-13(17)16(15-12)10(2)11-5-7-14-8-6-11/h5-8,10H,3-4,9H2,1-2H3. The molecule has 1 atom stereocenters. The van der Waals surface area contributed by atoms with Crippen molar-refractivity contribution in [2.75, 3.05) is 0 Å². The first-order valence-electron chi connectivity index (χ1n) is 6.00. The van der Waals surface area contributed by atoms with Gasteiger partial charge in [0.15, 0.2) is 0 Å². The molecule has 0 spiro atoms. The van der Waals surface area contributed by atoms with Crippen molar-refractivity contribution < 1.29 is 4.79 Å². The van der Waals surface area contributed by atoms with Crippen molar-refractivity contribution in [2.24, 2.45) is 5.10 Å². The first-order chi connectivity index (χ1) is 8.22. The van der Waals surface area contributed by atoms with Crippen LogP contribution in [0.25, 0.3) is 0 Å². The molecule has 1 aromatic rings. The molecular formula is C13H17N3O. The number of pyridine rings is 1. The lowest BCUT2D eigenvalue weighted by atomic mass is 10.1. The predicted molar refractivity (Wildman–Crippen MR) is 66.5 cm³/mol. The third-order valence-corrected chi connectivity index (χ3v) is 2.95. The van der Waals surface area contributed by atoms with E-state index in [2.05, 4.69) is 17.0 Å². The molecule has 1 unspecified atom stereocenters. The Balaban J connectivity index is 2.15. The van der Waals surface area contributed by atoms with Gasteiger partial charge >= 0.3 is 0 Å². The van der Waals surface area contributed by atoms with Crippen molar-refractivity contribution >= 4 is 11.6 Å². The van der Waals surface area contributed by atoms with Crippen LogP contribution in [-0.4, -0.2) is 21.6 Å². The summed E-state index contributed by atoms with van der Waals surface area (Å²) >= 11 is 0. The van der Waals surface area contributed by atoms with Gasteiger partial charge in [0.05, 0.1) is 12.5 Å². The summed E-state index contributed by atoms with van der Waals surface area (Å²) in [4.78, 5) is 15.8. The molecule has 0 radical (unpaired) electrons. The fraction of sp³-hybridized carbons (Fsp3) is 0.462. The summed E-state index contributed by atoms with van der Waals surface area (Å²) in [6.45, 7) is 4.09. The van der Waals surface area contributed by atoms with Gasteiger partial charge in [-0.1, -0.05) is 13.3 Å². The maximum absolute atomic E-state index is 11.9. The predicted octanol–water partition coefficient (Wildman–Crippen LogP) is 2.53. The first-order valence-corrected chi connectivity index (χ1v) is 6.00. The largest absolute Gasteiger partial charge is 0.273 e. The van der Waals surface area contributed by atoms with Gasteiger partial charge in [-0.3, -0.25) is 9.78 Å². The number of aromatic nitrogens is 1. The smallest absolute Gasteiger partial charge is 0.248 e. The maximum Gasteiger partial charge on any atom is 0.248 e. The van der Waals surface area contributed by atoms with E-state index < -0.39 is 0 Å². The summed E-state index contributed by atoms with van der Waals surface area (Å²) in [7, 11) is 0. The Hall–Kier alpha value is -1.71. The second kappa shape index (κ2) is 5.08. The van der Waals surface area contributed by atoms with Crippen molar-refractivity contribution in [2.45, 2.75) is 39.2 Å². The normalized spacial score (nSPS) is 17.2. The highest BCUT2D eigenvalue weighted by molar-refractivity contribution is 6.05. The SMILES string of the molecule is CCCC1=NN(C(C)c2ccncc2)C(=O)C1. The van der Waals surface area contributed by atoms with Crippen LogP contribution in [0.3, 0.4) is 0 Å². The van der Waals surface area contributed by atoms with E-state index in [1.54, 1.807) is 17.4 Å². The van der Waals surface area contributed by atoms with Crippen molar-refractivity contribution in [1.82, 2.24) is 9.99 Å². The number of carbonyl (C=O) groups excluding carboxylic acids is 1. The number of nitrogens with zero attached hydrogens (tertiary/aromatic N) is 3. The highest BCUT2D eigenvalue weighted by atomic mass is 16.2. The second-order valence-electron chi connectivity index (χ2n) is 4.29. The van der Waals surface area contributed by atoms with E-state index in [0.29, 0.717) is 6.42 Å². The third kappa shape index (κ3) is 2.52. The summed E-state index contributed by atoms with van der Waals surface area (Å²) in [6, 6.07) is 3.83. The molecule has 0 N–H and O–H groups in total. The minimum Gasteiger partial charge on any atom is -0.273 e. The van der Waals surface area contributed by atoms with Gasteiger partial charge < -0.3 is 0 Å². The van der Waals surface area contributed by atoms with E-state index in [9.17, 15) is 4.79 Å². The van der Waals surface area contributed by atoms with Crippen LogP contribution in [-0.2, 0) is 4.79 Å². The zero-order valence-electron chi connectivity index (χ0n) is 10.3. The summed E-state index contributed by atoms with van der Waals surface area (Å²) < 4.78 is 0. The Kier molecular flexibility index (Phi) is 3.52. The Morgan fingerprint density at radius 2 is 2.12 bits per heavy atom. The molecule has 1 aliphatic rings. The van der Waals surface area contributed by atoms with Gasteiger partial charge in [0.2, 0.25) is 5.91 Å². The van der Waals surface area contributed by atoms with Gasteiger partial charge in [-0.25, -0.2) is 5.01 Å². The van der Waals surface area contributed by atoms with Crippen LogP contribution in [0.1, 0.15) is 44.7 Å². The number of hydrogen-bond acceptors (Lipinski definition) is 3. The lowest BCUT2D eigenvalue weighted by molar-refractivity contribution is -0.130. The van der Waals surface area contributed by atoms with Gasteiger partial charge in [-0.2, -0.15) is 5.10 Å². The fourth-order valence-corrected chi connectivity index (χ4v) is 2.01. The fourth-order valence-electron chi connectivity index (χ4n) is 2.01. The second-order valence-corrected chi connectivity index (χ2v) is 4.29. The highest BCUT2D eigenvalue weighted by Crippen LogP contribution is 2.25. The van der Waals surface area contributed by atoms with Crippen molar-refractivity contribution in [3.05, 3.63) is 30.1 Å². The number of hydrazone groups is 1. The van der Waals surface area contributed by atoms with Gasteiger partial charge in [0.25, 0.3) is 0 Å². The van der Waals surface area contributed by atoms with Crippen molar-refractivity contribution in [1.29, 1.82) is 0 Å². The molecule has 0 saturated carbocycles. The van der Waals surface area contributed by atoms with Gasteiger partial charge in [-0.15, -0.1) is 0 Å². The zero-order valence-corrected chi connectivity index (χ0v) is 10.3. The number of carbonyl (C=O) groups is 1. The molecule has 0 aliphatic carbocycles. The average Bonchev–Trinajstić information content (AvgIpc) is 2.71. The molecule has 1 aromatic heterocycles. The van der Waals surface area contributed by atoms with E-state index in [0.717, 1.165) is 24.1 Å². The number of amides is 1. The quantitative estimate of drug-likeness (QED) is 0.799. The lowest BCUT2D eigenvalue weighted by Gasteiger charge is -2.20. The van der Waals surface area contributed by atoms with E-state index >= 15 is 0 Å². The third-order valence-electron chi connectivity index (χ3n) is 2.95. The van der Waals surface area contributed by atoms with E-state index in [1.165, 1.54) is 0 Å². The molecule has 2 rings (SSSR count). The molecular weight excluding hydrogens is 214 g/mol. The first kappa shape index (κ1) is 11.8. The van der Waals surface area contributed by atoms with Gasteiger partial charge in [0, 0.05) is 18.1 Å². The highest BCUT2D eigenvalue weighted by Gasteiger charge is 2.27. The summed E-state index contributed by atoms with van der Waals surface area (Å²) in [5.41, 5.74) is 2.06. The van der Waals surface area contributed by atoms with E-state index in [-0.39, 0.29) is 11.9 Å². The van der Waals surface area contributed by atoms with Gasteiger partial charge in [0.1, 0.15) is 0 Å². The molecule has 1 amide bonds. The molecule has 2 heterocycles. The van der Waals surface area contributed by atoms with Crippen LogP contribution in [0.15, 0.2) is 29.6 Å². The van der Waals surface area contributed by atoms with Crippen LogP contribution in [0, 0.1) is 0 Å². The molecule has 0 bridgehead atoms. The molecule has 1 aliphatic heterocycles. The molecule has 0 fully saturated rings. The van der Waals surface area contributed by atoms with Crippen LogP contribution in [0.5, 0.6) is 0 Å². The molecule has 0 saturated heterocycles. The summed E-state index contributed by atoms with van der Waals surface area (Å²) in [5.74, 6) is 0.0952. The summed E-state index contributed by atoms with van der Waals surface area (Å²) in [6.07, 6.45) is 5.89. The average molecular weight is 231 g/mol. The lowest BCUT2D eigenvalue weighted by Crippen LogP contribution is -2.24. The molecule has 0 aromatic carbocycles. The van der Waals surface area contributed by atoms with E-state index in [1.807, 2.05) is 19.1 Å². The number of rotatable bonds is 4. The van der Waals surface area contributed by atoms with Crippen LogP contribution in [0.4, 0.5) is 0 Å². The Morgan fingerprint density at radius 1 is 1.41 bits per heavy atom.